The molecular formula is C28H35F3N4O2. The van der Waals surface area contributed by atoms with Crippen LogP contribution in [-0.4, -0.2) is 70.2 Å². The normalized spacial score (nSPS) is 16.5. The fourth-order valence-corrected chi connectivity index (χ4v) is 5.42. The topological polar surface area (TPSA) is 50.1 Å². The number of carbonyl (C=O) groups is 1. The highest BCUT2D eigenvalue weighted by Gasteiger charge is 2.34. The predicted octanol–water partition coefficient (Wildman–Crippen LogP) is 5.73. The maximum Gasteiger partial charge on any atom is 0.401 e. The Labute approximate surface area is 216 Å². The first kappa shape index (κ1) is 27.1. The van der Waals surface area contributed by atoms with Crippen molar-refractivity contribution in [2.24, 2.45) is 0 Å². The number of rotatable bonds is 6. The highest BCUT2D eigenvalue weighted by molar-refractivity contribution is 5.95. The SMILES string of the molecule is Cc1ccnc(C)c1-c1ccn2c(C(C)N3CCN(CC(F)(F)F)CC3)c(C)c(C(=O)OC(C)C)cc12. The van der Waals surface area contributed by atoms with Gasteiger partial charge in [-0.15, -0.1) is 0 Å². The van der Waals surface area contributed by atoms with E-state index in [0.29, 0.717) is 31.7 Å². The van der Waals surface area contributed by atoms with Crippen molar-refractivity contribution in [2.45, 2.75) is 59.9 Å². The molecule has 4 rings (SSSR count). The van der Waals surface area contributed by atoms with E-state index in [0.717, 1.165) is 39.2 Å². The minimum absolute atomic E-state index is 0.126. The molecule has 0 saturated carbocycles. The van der Waals surface area contributed by atoms with Crippen molar-refractivity contribution >= 4 is 11.5 Å². The zero-order valence-electron chi connectivity index (χ0n) is 22.3. The lowest BCUT2D eigenvalue weighted by Crippen LogP contribution is -2.49. The van der Waals surface area contributed by atoms with Gasteiger partial charge in [-0.2, -0.15) is 13.2 Å². The first-order chi connectivity index (χ1) is 17.4. The molecule has 6 nitrogen and oxygen atoms in total. The van der Waals surface area contributed by atoms with Crippen LogP contribution in [0, 0.1) is 20.8 Å². The molecule has 3 aromatic rings. The van der Waals surface area contributed by atoms with Crippen molar-refractivity contribution in [1.29, 1.82) is 0 Å². The molecule has 200 valence electrons. The number of pyridine rings is 2. The molecule has 1 unspecified atom stereocenters. The summed E-state index contributed by atoms with van der Waals surface area (Å²) in [5, 5.41) is 0. The number of esters is 1. The molecule has 1 fully saturated rings. The molecule has 0 aromatic carbocycles. The molecule has 37 heavy (non-hydrogen) atoms. The van der Waals surface area contributed by atoms with E-state index in [1.165, 1.54) is 4.90 Å². The van der Waals surface area contributed by atoms with Crippen molar-refractivity contribution in [1.82, 2.24) is 19.2 Å². The molecule has 0 amide bonds. The number of piperazine rings is 1. The summed E-state index contributed by atoms with van der Waals surface area (Å²) in [6.07, 6.45) is -0.674. The summed E-state index contributed by atoms with van der Waals surface area (Å²) in [7, 11) is 0. The number of alkyl halides is 3. The van der Waals surface area contributed by atoms with Crippen LogP contribution < -0.4 is 0 Å². The summed E-state index contributed by atoms with van der Waals surface area (Å²) >= 11 is 0. The Hall–Kier alpha value is -2.91. The van der Waals surface area contributed by atoms with E-state index in [1.54, 1.807) is 6.20 Å². The van der Waals surface area contributed by atoms with Gasteiger partial charge in [0.2, 0.25) is 0 Å². The second kappa shape index (κ2) is 10.5. The molecule has 0 bridgehead atoms. The van der Waals surface area contributed by atoms with E-state index in [4.69, 9.17) is 4.74 Å². The highest BCUT2D eigenvalue weighted by Crippen LogP contribution is 2.36. The van der Waals surface area contributed by atoms with Crippen LogP contribution in [0.2, 0.25) is 0 Å². The van der Waals surface area contributed by atoms with Gasteiger partial charge in [-0.05, 0) is 70.9 Å². The Balaban J connectivity index is 1.80. The van der Waals surface area contributed by atoms with Gasteiger partial charge in [-0.1, -0.05) is 0 Å². The summed E-state index contributed by atoms with van der Waals surface area (Å²) in [5.41, 5.74) is 7.10. The lowest BCUT2D eigenvalue weighted by Gasteiger charge is -2.39. The highest BCUT2D eigenvalue weighted by atomic mass is 19.4. The number of aryl methyl sites for hydroxylation is 2. The summed E-state index contributed by atoms with van der Waals surface area (Å²) in [5.74, 6) is -0.384. The van der Waals surface area contributed by atoms with E-state index in [-0.39, 0.29) is 18.1 Å². The molecule has 0 N–H and O–H groups in total. The molecule has 3 aromatic heterocycles. The van der Waals surface area contributed by atoms with Crippen LogP contribution in [0.4, 0.5) is 13.2 Å². The van der Waals surface area contributed by atoms with Gasteiger partial charge in [-0.25, -0.2) is 4.79 Å². The van der Waals surface area contributed by atoms with E-state index in [9.17, 15) is 18.0 Å². The standard InChI is InChI=1S/C28H35F3N4O2/c1-17(2)37-27(36)23-15-24-22(25-18(3)7-9-32-20(25)5)8-10-35(24)26(19(23)4)21(6)34-13-11-33(12-14-34)16-28(29,30)31/h7-10,15,17,21H,11-14,16H2,1-6H3. The summed E-state index contributed by atoms with van der Waals surface area (Å²) < 4.78 is 46.4. The molecule has 0 aliphatic carbocycles. The zero-order chi connectivity index (χ0) is 27.1. The quantitative estimate of drug-likeness (QED) is 0.392. The van der Waals surface area contributed by atoms with Crippen molar-refractivity contribution in [2.75, 3.05) is 32.7 Å². The number of halogens is 3. The monoisotopic (exact) mass is 516 g/mol. The third-order valence-corrected chi connectivity index (χ3v) is 7.19. The van der Waals surface area contributed by atoms with Crippen LogP contribution >= 0.6 is 0 Å². The van der Waals surface area contributed by atoms with Crippen LogP contribution in [-0.2, 0) is 4.74 Å². The van der Waals surface area contributed by atoms with E-state index in [1.807, 2.05) is 59.0 Å². The van der Waals surface area contributed by atoms with Gasteiger partial charge in [0.25, 0.3) is 0 Å². The van der Waals surface area contributed by atoms with E-state index < -0.39 is 12.7 Å². The Bertz CT molecular complexity index is 1270. The molecule has 9 heteroatoms. The molecule has 1 saturated heterocycles. The average molecular weight is 517 g/mol. The van der Waals surface area contributed by atoms with Crippen molar-refractivity contribution < 1.29 is 22.7 Å². The number of nitrogens with zero attached hydrogens (tertiary/aromatic N) is 4. The first-order valence-corrected chi connectivity index (χ1v) is 12.7. The third-order valence-electron chi connectivity index (χ3n) is 7.19. The number of hydrogen-bond acceptors (Lipinski definition) is 5. The Morgan fingerprint density at radius 1 is 1.08 bits per heavy atom. The fraction of sp³-hybridized carbons (Fsp3) is 0.500. The minimum Gasteiger partial charge on any atom is -0.459 e. The number of hydrogen-bond donors (Lipinski definition) is 0. The number of fused-ring (bicyclic) bond motifs is 1. The number of ether oxygens (including phenoxy) is 1. The van der Waals surface area contributed by atoms with Gasteiger partial charge < -0.3 is 9.14 Å². The lowest BCUT2D eigenvalue weighted by molar-refractivity contribution is -0.149. The summed E-state index contributed by atoms with van der Waals surface area (Å²) in [6, 6.07) is 5.77. The Morgan fingerprint density at radius 3 is 2.35 bits per heavy atom. The molecule has 1 aliphatic heterocycles. The van der Waals surface area contributed by atoms with Gasteiger partial charge in [0.1, 0.15) is 0 Å². The lowest BCUT2D eigenvalue weighted by atomic mass is 9.97. The molecular weight excluding hydrogens is 481 g/mol. The van der Waals surface area contributed by atoms with Crippen LogP contribution in [0.1, 0.15) is 59.7 Å². The van der Waals surface area contributed by atoms with Gasteiger partial charge >= 0.3 is 12.1 Å². The predicted molar refractivity (Wildman–Crippen MR) is 138 cm³/mol. The number of carbonyl (C=O) groups excluding carboxylic acids is 1. The maximum atomic E-state index is 13.2. The fourth-order valence-electron chi connectivity index (χ4n) is 5.42. The van der Waals surface area contributed by atoms with Crippen molar-refractivity contribution in [3.63, 3.8) is 0 Å². The molecule has 0 spiro atoms. The average Bonchev–Trinajstić information content (AvgIpc) is 3.20. The van der Waals surface area contributed by atoms with Gasteiger partial charge in [0.15, 0.2) is 0 Å². The van der Waals surface area contributed by atoms with Crippen LogP contribution in [0.3, 0.4) is 0 Å². The largest absolute Gasteiger partial charge is 0.459 e. The van der Waals surface area contributed by atoms with E-state index in [2.05, 4.69) is 21.2 Å². The zero-order valence-corrected chi connectivity index (χ0v) is 22.3. The molecule has 1 atom stereocenters. The molecule has 4 heterocycles. The first-order valence-electron chi connectivity index (χ1n) is 12.7. The summed E-state index contributed by atoms with van der Waals surface area (Å²) in [4.78, 5) is 21.3. The van der Waals surface area contributed by atoms with Gasteiger partial charge in [0.05, 0.1) is 23.7 Å². The number of aromatic nitrogens is 2. The van der Waals surface area contributed by atoms with Gasteiger partial charge in [-0.3, -0.25) is 14.8 Å². The maximum absolute atomic E-state index is 13.2. The van der Waals surface area contributed by atoms with Gasteiger partial charge in [0, 0.05) is 67.1 Å². The summed E-state index contributed by atoms with van der Waals surface area (Å²) in [6.45, 7) is 12.4. The van der Waals surface area contributed by atoms with Crippen molar-refractivity contribution in [3.05, 3.63) is 58.7 Å². The minimum atomic E-state index is -4.20. The smallest absolute Gasteiger partial charge is 0.401 e. The van der Waals surface area contributed by atoms with E-state index >= 15 is 0 Å². The molecule has 0 radical (unpaired) electrons. The van der Waals surface area contributed by atoms with Crippen molar-refractivity contribution in [3.8, 4) is 11.1 Å². The second-order valence-electron chi connectivity index (χ2n) is 10.2. The van der Waals surface area contributed by atoms with Crippen LogP contribution in [0.5, 0.6) is 0 Å². The second-order valence-corrected chi connectivity index (χ2v) is 10.2. The van der Waals surface area contributed by atoms with Crippen LogP contribution in [0.15, 0.2) is 30.6 Å². The Kier molecular flexibility index (Phi) is 7.67. The third kappa shape index (κ3) is 5.67. The Morgan fingerprint density at radius 2 is 1.76 bits per heavy atom. The molecule has 1 aliphatic rings. The van der Waals surface area contributed by atoms with Crippen LogP contribution in [0.25, 0.3) is 16.6 Å².